The third-order valence-corrected chi connectivity index (χ3v) is 9.34. The summed E-state index contributed by atoms with van der Waals surface area (Å²) in [6.07, 6.45) is 6.86. The van der Waals surface area contributed by atoms with Gasteiger partial charge < -0.3 is 4.74 Å². The van der Waals surface area contributed by atoms with Crippen LogP contribution in [-0.4, -0.2) is 23.6 Å². The van der Waals surface area contributed by atoms with Gasteiger partial charge in [-0.2, -0.15) is 0 Å². The minimum atomic E-state index is -0.513. The van der Waals surface area contributed by atoms with Gasteiger partial charge in [0.1, 0.15) is 11.9 Å². The molecule has 0 aliphatic heterocycles. The van der Waals surface area contributed by atoms with Gasteiger partial charge >= 0.3 is 5.97 Å². The SMILES string of the molecule is C=C(C)[C@H]1C2=CC[C@@H]3[C@@](C)(C(=O)C[C@]4(C)C(C(C)=O)=CC[C@@]34C)[C@@H]2C[C@@H]1OC(C)=O. The number of carbonyl (C=O) groups is 3. The van der Waals surface area contributed by atoms with Crippen LogP contribution < -0.4 is 0 Å². The molecule has 2 fully saturated rings. The van der Waals surface area contributed by atoms with Gasteiger partial charge in [-0.3, -0.25) is 14.4 Å². The van der Waals surface area contributed by atoms with Gasteiger partial charge in [-0.15, -0.1) is 0 Å². The van der Waals surface area contributed by atoms with Gasteiger partial charge in [-0.1, -0.05) is 50.6 Å². The van der Waals surface area contributed by atoms with Gasteiger partial charge in [-0.05, 0) is 55.9 Å². The van der Waals surface area contributed by atoms with Crippen molar-refractivity contribution in [3.63, 3.8) is 0 Å². The molecule has 4 heteroatoms. The fourth-order valence-electron chi connectivity index (χ4n) is 7.72. The zero-order valence-electron chi connectivity index (χ0n) is 19.1. The van der Waals surface area contributed by atoms with Crippen LogP contribution >= 0.6 is 0 Å². The van der Waals surface area contributed by atoms with Crippen LogP contribution in [0.2, 0.25) is 0 Å². The van der Waals surface area contributed by atoms with Gasteiger partial charge in [0.05, 0.1) is 0 Å². The Labute approximate surface area is 179 Å². The van der Waals surface area contributed by atoms with E-state index in [-0.39, 0.29) is 46.8 Å². The van der Waals surface area contributed by atoms with Crippen LogP contribution in [0.1, 0.15) is 67.2 Å². The molecular weight excluding hydrogens is 376 g/mol. The van der Waals surface area contributed by atoms with Crippen LogP contribution in [0.15, 0.2) is 35.5 Å². The molecular formula is C26H34O4. The smallest absolute Gasteiger partial charge is 0.302 e. The van der Waals surface area contributed by atoms with Crippen molar-refractivity contribution >= 4 is 17.5 Å². The maximum Gasteiger partial charge on any atom is 0.302 e. The highest BCUT2D eigenvalue weighted by Gasteiger charge is 2.69. The van der Waals surface area contributed by atoms with Crippen molar-refractivity contribution in [1.29, 1.82) is 0 Å². The number of fused-ring (bicyclic) bond motifs is 5. The highest BCUT2D eigenvalue weighted by atomic mass is 16.5. The molecule has 0 unspecified atom stereocenters. The Kier molecular flexibility index (Phi) is 4.62. The molecule has 7 atom stereocenters. The van der Waals surface area contributed by atoms with Crippen molar-refractivity contribution in [2.75, 3.05) is 0 Å². The molecule has 30 heavy (non-hydrogen) atoms. The Morgan fingerprint density at radius 3 is 2.37 bits per heavy atom. The van der Waals surface area contributed by atoms with Crippen LogP contribution in [-0.2, 0) is 19.1 Å². The lowest BCUT2D eigenvalue weighted by Crippen LogP contribution is -2.60. The van der Waals surface area contributed by atoms with E-state index < -0.39 is 10.8 Å². The van der Waals surface area contributed by atoms with E-state index in [0.717, 1.165) is 24.0 Å². The number of ketones is 2. The third kappa shape index (κ3) is 2.48. The second-order valence-corrected chi connectivity index (χ2v) is 10.8. The molecule has 0 aromatic heterocycles. The summed E-state index contributed by atoms with van der Waals surface area (Å²) < 4.78 is 5.71. The van der Waals surface area contributed by atoms with Gasteiger partial charge in [-0.25, -0.2) is 0 Å². The molecule has 4 aliphatic carbocycles. The van der Waals surface area contributed by atoms with Crippen LogP contribution in [0.5, 0.6) is 0 Å². The highest BCUT2D eigenvalue weighted by molar-refractivity contribution is 5.98. The monoisotopic (exact) mass is 410 g/mol. The number of hydrogen-bond donors (Lipinski definition) is 0. The Morgan fingerprint density at radius 1 is 1.13 bits per heavy atom. The first kappa shape index (κ1) is 21.3. The van der Waals surface area contributed by atoms with Crippen LogP contribution in [0.4, 0.5) is 0 Å². The molecule has 0 bridgehead atoms. The Hall–Kier alpha value is -1.97. The summed E-state index contributed by atoms with van der Waals surface area (Å²) in [5, 5.41) is 0. The van der Waals surface area contributed by atoms with Gasteiger partial charge in [0.2, 0.25) is 0 Å². The minimum absolute atomic E-state index is 0.0138. The molecule has 4 aliphatic rings. The lowest BCUT2D eigenvalue weighted by molar-refractivity contribution is -0.160. The zero-order valence-corrected chi connectivity index (χ0v) is 19.1. The van der Waals surface area contributed by atoms with Crippen molar-refractivity contribution in [1.82, 2.24) is 0 Å². The van der Waals surface area contributed by atoms with Crippen molar-refractivity contribution in [2.24, 2.45) is 34.0 Å². The largest absolute Gasteiger partial charge is 0.462 e. The second kappa shape index (κ2) is 6.51. The highest BCUT2D eigenvalue weighted by Crippen LogP contribution is 2.71. The van der Waals surface area contributed by atoms with Gasteiger partial charge in [0, 0.05) is 30.1 Å². The maximum atomic E-state index is 13.9. The Morgan fingerprint density at radius 2 is 1.80 bits per heavy atom. The van der Waals surface area contributed by atoms with E-state index in [9.17, 15) is 14.4 Å². The number of Topliss-reactive ketones (excluding diaryl/α,β-unsaturated/α-hetero) is 2. The molecule has 0 aromatic rings. The fraction of sp³-hybridized carbons (Fsp3) is 0.654. The second-order valence-electron chi connectivity index (χ2n) is 10.8. The third-order valence-electron chi connectivity index (χ3n) is 9.34. The average Bonchev–Trinajstić information content (AvgIpc) is 3.11. The van der Waals surface area contributed by atoms with E-state index in [0.29, 0.717) is 12.8 Å². The molecule has 0 saturated heterocycles. The average molecular weight is 411 g/mol. The van der Waals surface area contributed by atoms with E-state index in [1.807, 2.05) is 6.92 Å². The molecule has 0 aromatic carbocycles. The predicted molar refractivity (Wildman–Crippen MR) is 115 cm³/mol. The molecule has 162 valence electrons. The molecule has 0 heterocycles. The summed E-state index contributed by atoms with van der Waals surface area (Å²) in [5.41, 5.74) is 1.98. The van der Waals surface area contributed by atoms with Gasteiger partial charge in [0.15, 0.2) is 5.78 Å². The van der Waals surface area contributed by atoms with E-state index in [1.165, 1.54) is 12.5 Å². The molecule has 0 radical (unpaired) electrons. The van der Waals surface area contributed by atoms with Crippen LogP contribution in [0, 0.1) is 34.0 Å². The molecule has 0 N–H and O–H groups in total. The van der Waals surface area contributed by atoms with Crippen molar-refractivity contribution < 1.29 is 19.1 Å². The topological polar surface area (TPSA) is 60.4 Å². The normalized spacial score (nSPS) is 44.4. The summed E-state index contributed by atoms with van der Waals surface area (Å²) in [6, 6.07) is 0. The van der Waals surface area contributed by atoms with Crippen molar-refractivity contribution in [3.05, 3.63) is 35.5 Å². The summed E-state index contributed by atoms with van der Waals surface area (Å²) in [4.78, 5) is 38.0. The summed E-state index contributed by atoms with van der Waals surface area (Å²) in [6.45, 7) is 15.8. The maximum absolute atomic E-state index is 13.9. The summed E-state index contributed by atoms with van der Waals surface area (Å²) >= 11 is 0. The number of rotatable bonds is 3. The van der Waals surface area contributed by atoms with E-state index in [4.69, 9.17) is 4.74 Å². The summed E-state index contributed by atoms with van der Waals surface area (Å²) in [5.74, 6) is 0.245. The first-order valence-corrected chi connectivity index (χ1v) is 11.2. The lowest BCUT2D eigenvalue weighted by Gasteiger charge is -2.61. The van der Waals surface area contributed by atoms with Crippen LogP contribution in [0.25, 0.3) is 0 Å². The van der Waals surface area contributed by atoms with E-state index in [2.05, 4.69) is 39.5 Å². The van der Waals surface area contributed by atoms with E-state index >= 15 is 0 Å². The zero-order chi connectivity index (χ0) is 22.2. The fourth-order valence-corrected chi connectivity index (χ4v) is 7.72. The van der Waals surface area contributed by atoms with Crippen molar-refractivity contribution in [3.8, 4) is 0 Å². The van der Waals surface area contributed by atoms with E-state index in [1.54, 1.807) is 6.92 Å². The van der Waals surface area contributed by atoms with Crippen LogP contribution in [0.3, 0.4) is 0 Å². The number of esters is 1. The molecule has 2 saturated carbocycles. The standard InChI is InChI=1S/C26H34O4/c1-14(2)23-17-8-9-21-24(5)11-10-18(15(3)27)25(24,6)13-22(29)26(21,7)19(17)12-20(23)30-16(4)28/h8,10,19-21,23H,1,9,11-13H2,2-7H3/t19-,20+,21+,23+,24+,25-,26+/m1/s1. The molecule has 0 amide bonds. The molecule has 4 nitrogen and oxygen atoms in total. The first-order valence-electron chi connectivity index (χ1n) is 11.2. The van der Waals surface area contributed by atoms with Gasteiger partial charge in [0.25, 0.3) is 0 Å². The number of ether oxygens (including phenoxy) is 1. The lowest BCUT2D eigenvalue weighted by atomic mass is 9.41. The minimum Gasteiger partial charge on any atom is -0.462 e. The number of hydrogen-bond acceptors (Lipinski definition) is 4. The Balaban J connectivity index is 1.80. The molecule has 4 rings (SSSR count). The molecule has 0 spiro atoms. The number of allylic oxidation sites excluding steroid dienone is 3. The Bertz CT molecular complexity index is 923. The quantitative estimate of drug-likeness (QED) is 0.486. The van der Waals surface area contributed by atoms with Crippen molar-refractivity contribution in [2.45, 2.75) is 73.3 Å². The summed E-state index contributed by atoms with van der Waals surface area (Å²) in [7, 11) is 0. The first-order chi connectivity index (χ1) is 13.9. The predicted octanol–water partition coefficient (Wildman–Crippen LogP) is 4.99. The number of carbonyl (C=O) groups excluding carboxylic acids is 3.